The van der Waals surface area contributed by atoms with Gasteiger partial charge in [-0.3, -0.25) is 0 Å². The van der Waals surface area contributed by atoms with Crippen LogP contribution in [0.25, 0.3) is 0 Å². The molecule has 150 valence electrons. The molecule has 0 bridgehead atoms. The minimum atomic E-state index is -0.940. The molecule has 2 fully saturated rings. The number of ether oxygens (including phenoxy) is 2. The van der Waals surface area contributed by atoms with Crippen molar-refractivity contribution in [1.29, 1.82) is 0 Å². The van der Waals surface area contributed by atoms with Gasteiger partial charge in [-0.2, -0.15) is 0 Å². The van der Waals surface area contributed by atoms with Crippen LogP contribution >= 0.6 is 0 Å². The standard InChI is InChI=1S/C25H31FO2/c1-2-6-19-9-11-20(12-10-19)21-17-27-25(28-18-21,22-7-4-3-5-8-22)23-13-15-24(26)16-14-23/h3-5,7-8,13-16,19-21H,2,6,9-12,17-18H2,1H3. The molecule has 1 aliphatic carbocycles. The minimum absolute atomic E-state index is 0.246. The SMILES string of the molecule is CCCC1CCC(C2COC(c3ccccc3)(c3ccc(F)cc3)OC2)CC1. The summed E-state index contributed by atoms with van der Waals surface area (Å²) in [6, 6.07) is 16.5. The van der Waals surface area contributed by atoms with Crippen LogP contribution in [0.5, 0.6) is 0 Å². The maximum absolute atomic E-state index is 13.5. The van der Waals surface area contributed by atoms with E-state index < -0.39 is 5.79 Å². The first-order valence-electron chi connectivity index (χ1n) is 10.8. The third-order valence-corrected chi connectivity index (χ3v) is 6.63. The molecule has 0 spiro atoms. The van der Waals surface area contributed by atoms with Gasteiger partial charge >= 0.3 is 0 Å². The zero-order chi connectivity index (χ0) is 19.4. The highest BCUT2D eigenvalue weighted by Gasteiger charge is 2.43. The number of hydrogen-bond acceptors (Lipinski definition) is 2. The zero-order valence-electron chi connectivity index (χ0n) is 16.8. The lowest BCUT2D eigenvalue weighted by Gasteiger charge is -2.44. The Morgan fingerprint density at radius 1 is 0.821 bits per heavy atom. The molecule has 2 nitrogen and oxygen atoms in total. The molecule has 28 heavy (non-hydrogen) atoms. The van der Waals surface area contributed by atoms with E-state index in [1.165, 1.54) is 50.7 Å². The van der Waals surface area contributed by atoms with Crippen molar-refractivity contribution >= 4 is 0 Å². The fraction of sp³-hybridized carbons (Fsp3) is 0.520. The quantitative estimate of drug-likeness (QED) is 0.604. The lowest BCUT2D eigenvalue weighted by molar-refractivity contribution is -0.274. The molecule has 1 saturated carbocycles. The second-order valence-corrected chi connectivity index (χ2v) is 8.44. The third-order valence-electron chi connectivity index (χ3n) is 6.63. The van der Waals surface area contributed by atoms with Gasteiger partial charge in [-0.15, -0.1) is 0 Å². The van der Waals surface area contributed by atoms with Crippen LogP contribution in [0.2, 0.25) is 0 Å². The Balaban J connectivity index is 1.49. The second-order valence-electron chi connectivity index (χ2n) is 8.44. The van der Waals surface area contributed by atoms with Crippen molar-refractivity contribution in [2.24, 2.45) is 17.8 Å². The molecule has 0 N–H and O–H groups in total. The molecule has 4 rings (SSSR count). The van der Waals surface area contributed by atoms with E-state index in [0.29, 0.717) is 25.0 Å². The van der Waals surface area contributed by atoms with Crippen LogP contribution in [0.1, 0.15) is 56.6 Å². The van der Waals surface area contributed by atoms with Crippen LogP contribution in [-0.4, -0.2) is 13.2 Å². The summed E-state index contributed by atoms with van der Waals surface area (Å²) in [6.07, 6.45) is 7.93. The lowest BCUT2D eigenvalue weighted by atomic mass is 9.74. The average Bonchev–Trinajstić information content (AvgIpc) is 2.76. The number of halogens is 1. The maximum atomic E-state index is 13.5. The molecule has 0 atom stereocenters. The highest BCUT2D eigenvalue weighted by molar-refractivity contribution is 5.34. The van der Waals surface area contributed by atoms with Crippen molar-refractivity contribution in [3.05, 3.63) is 71.5 Å². The normalized spacial score (nSPS) is 30.9. The molecule has 1 heterocycles. The fourth-order valence-corrected chi connectivity index (χ4v) is 4.99. The largest absolute Gasteiger partial charge is 0.342 e. The first-order chi connectivity index (χ1) is 13.7. The van der Waals surface area contributed by atoms with Crippen molar-refractivity contribution < 1.29 is 13.9 Å². The fourth-order valence-electron chi connectivity index (χ4n) is 4.99. The summed E-state index contributed by atoms with van der Waals surface area (Å²) in [6.45, 7) is 3.66. The highest BCUT2D eigenvalue weighted by Crippen LogP contribution is 2.43. The Kier molecular flexibility index (Phi) is 6.13. The molecular formula is C25H31FO2. The predicted molar refractivity (Wildman–Crippen MR) is 109 cm³/mol. The maximum Gasteiger partial charge on any atom is 0.222 e. The summed E-state index contributed by atoms with van der Waals surface area (Å²) < 4.78 is 26.4. The molecular weight excluding hydrogens is 351 g/mol. The van der Waals surface area contributed by atoms with Crippen LogP contribution in [0.3, 0.4) is 0 Å². The molecule has 2 aliphatic rings. The summed E-state index contributed by atoms with van der Waals surface area (Å²) in [7, 11) is 0. The van der Waals surface area contributed by atoms with E-state index >= 15 is 0 Å². The Labute approximate surface area is 168 Å². The van der Waals surface area contributed by atoms with Crippen LogP contribution in [0.4, 0.5) is 4.39 Å². The van der Waals surface area contributed by atoms with Gasteiger partial charge in [0.25, 0.3) is 0 Å². The van der Waals surface area contributed by atoms with Gasteiger partial charge in [0.05, 0.1) is 13.2 Å². The van der Waals surface area contributed by atoms with Gasteiger partial charge in [-0.05, 0) is 36.8 Å². The molecule has 1 aliphatic heterocycles. The highest BCUT2D eigenvalue weighted by atomic mass is 19.1. The summed E-state index contributed by atoms with van der Waals surface area (Å²) in [4.78, 5) is 0. The van der Waals surface area contributed by atoms with Crippen molar-refractivity contribution in [3.8, 4) is 0 Å². The zero-order valence-corrected chi connectivity index (χ0v) is 16.8. The number of benzene rings is 2. The van der Waals surface area contributed by atoms with Gasteiger partial charge in [0.1, 0.15) is 5.82 Å². The molecule has 2 aromatic rings. The molecule has 1 saturated heterocycles. The van der Waals surface area contributed by atoms with E-state index in [4.69, 9.17) is 9.47 Å². The molecule has 3 heteroatoms. The summed E-state index contributed by atoms with van der Waals surface area (Å²) in [5.74, 6) is 0.860. The number of hydrogen-bond donors (Lipinski definition) is 0. The minimum Gasteiger partial charge on any atom is -0.342 e. The van der Waals surface area contributed by atoms with Crippen LogP contribution in [0, 0.1) is 23.6 Å². The van der Waals surface area contributed by atoms with Gasteiger partial charge < -0.3 is 9.47 Å². The van der Waals surface area contributed by atoms with E-state index in [0.717, 1.165) is 17.0 Å². The molecule has 0 aromatic heterocycles. The summed E-state index contributed by atoms with van der Waals surface area (Å²) in [5.41, 5.74) is 1.82. The Bertz CT molecular complexity index is 727. The third kappa shape index (κ3) is 4.01. The van der Waals surface area contributed by atoms with E-state index in [2.05, 4.69) is 6.92 Å². The van der Waals surface area contributed by atoms with Crippen molar-refractivity contribution in [3.63, 3.8) is 0 Å². The van der Waals surface area contributed by atoms with Crippen LogP contribution in [-0.2, 0) is 15.3 Å². The smallest absolute Gasteiger partial charge is 0.222 e. The molecule has 0 radical (unpaired) electrons. The van der Waals surface area contributed by atoms with Crippen molar-refractivity contribution in [2.45, 2.75) is 51.2 Å². The van der Waals surface area contributed by atoms with Crippen LogP contribution in [0.15, 0.2) is 54.6 Å². The van der Waals surface area contributed by atoms with Gasteiger partial charge in [-0.1, -0.05) is 75.1 Å². The van der Waals surface area contributed by atoms with E-state index in [-0.39, 0.29) is 5.82 Å². The predicted octanol–water partition coefficient (Wildman–Crippen LogP) is 6.30. The van der Waals surface area contributed by atoms with Gasteiger partial charge in [0.15, 0.2) is 0 Å². The van der Waals surface area contributed by atoms with E-state index in [1.807, 2.05) is 30.3 Å². The number of rotatable bonds is 5. The summed E-state index contributed by atoms with van der Waals surface area (Å²) in [5, 5.41) is 0. The summed E-state index contributed by atoms with van der Waals surface area (Å²) >= 11 is 0. The van der Waals surface area contributed by atoms with E-state index in [1.54, 1.807) is 12.1 Å². The Hall–Kier alpha value is -1.71. The van der Waals surface area contributed by atoms with Crippen molar-refractivity contribution in [2.75, 3.05) is 13.2 Å². The van der Waals surface area contributed by atoms with Gasteiger partial charge in [0, 0.05) is 17.0 Å². The first kappa shape index (κ1) is 19.6. The average molecular weight is 383 g/mol. The molecule has 2 aromatic carbocycles. The van der Waals surface area contributed by atoms with Gasteiger partial charge in [-0.25, -0.2) is 4.39 Å². The second kappa shape index (κ2) is 8.75. The topological polar surface area (TPSA) is 18.5 Å². The first-order valence-corrected chi connectivity index (χ1v) is 10.8. The Morgan fingerprint density at radius 2 is 1.43 bits per heavy atom. The van der Waals surface area contributed by atoms with E-state index in [9.17, 15) is 4.39 Å². The lowest BCUT2D eigenvalue weighted by Crippen LogP contribution is -2.45. The monoisotopic (exact) mass is 382 g/mol. The van der Waals surface area contributed by atoms with Gasteiger partial charge in [0.2, 0.25) is 5.79 Å². The molecule has 0 amide bonds. The molecule has 0 unspecified atom stereocenters. The van der Waals surface area contributed by atoms with Crippen LogP contribution < -0.4 is 0 Å². The Morgan fingerprint density at radius 3 is 2.04 bits per heavy atom. The van der Waals surface area contributed by atoms with Crippen molar-refractivity contribution in [1.82, 2.24) is 0 Å².